The minimum Gasteiger partial charge on any atom is -0.420 e. The van der Waals surface area contributed by atoms with Crippen molar-refractivity contribution in [3.05, 3.63) is 95.1 Å². The molecule has 2 amide bonds. The predicted octanol–water partition coefficient (Wildman–Crippen LogP) is 5.62. The fraction of sp³-hybridized carbons (Fsp3) is 0.120. The minimum atomic E-state index is -0.550. The monoisotopic (exact) mass is 444 g/mol. The third-order valence-electron chi connectivity index (χ3n) is 4.95. The van der Waals surface area contributed by atoms with E-state index in [1.165, 1.54) is 25.1 Å². The summed E-state index contributed by atoms with van der Waals surface area (Å²) in [4.78, 5) is 23.7. The van der Waals surface area contributed by atoms with Crippen LogP contribution in [-0.4, -0.2) is 22.0 Å². The number of aryl methyl sites for hydroxylation is 1. The number of carbonyl (C=O) groups is 2. The SMILES string of the molecule is CC(=O)c1ccc(NC(=O)Nc2ccc(F)c(-c3nnc(Cc4ccc(C)cc4)o3)c2)cc1. The Morgan fingerprint density at radius 1 is 0.909 bits per heavy atom. The van der Waals surface area contributed by atoms with Crippen molar-refractivity contribution in [2.24, 2.45) is 0 Å². The van der Waals surface area contributed by atoms with Crippen LogP contribution in [0.1, 0.15) is 34.3 Å². The lowest BCUT2D eigenvalue weighted by Gasteiger charge is -2.09. The number of carbonyl (C=O) groups excluding carboxylic acids is 2. The molecule has 8 heteroatoms. The highest BCUT2D eigenvalue weighted by molar-refractivity contribution is 6.00. The second-order valence-corrected chi connectivity index (χ2v) is 7.57. The summed E-state index contributed by atoms with van der Waals surface area (Å²) in [6.45, 7) is 3.47. The van der Waals surface area contributed by atoms with Gasteiger partial charge in [-0.05, 0) is 61.9 Å². The number of nitrogens with zero attached hydrogens (tertiary/aromatic N) is 2. The van der Waals surface area contributed by atoms with E-state index in [0.717, 1.165) is 11.1 Å². The molecule has 1 heterocycles. The summed E-state index contributed by atoms with van der Waals surface area (Å²) in [5, 5.41) is 13.3. The Bertz CT molecular complexity index is 1300. The number of urea groups is 1. The second-order valence-electron chi connectivity index (χ2n) is 7.57. The molecule has 2 N–H and O–H groups in total. The quantitative estimate of drug-likeness (QED) is 0.376. The highest BCUT2D eigenvalue weighted by Crippen LogP contribution is 2.26. The van der Waals surface area contributed by atoms with Gasteiger partial charge in [-0.3, -0.25) is 4.79 Å². The lowest BCUT2D eigenvalue weighted by molar-refractivity contribution is 0.101. The molecule has 4 rings (SSSR count). The fourth-order valence-corrected chi connectivity index (χ4v) is 3.16. The van der Waals surface area contributed by atoms with Crippen LogP contribution in [0.2, 0.25) is 0 Å². The first kappa shape index (κ1) is 21.9. The van der Waals surface area contributed by atoms with E-state index in [0.29, 0.717) is 29.2 Å². The van der Waals surface area contributed by atoms with Gasteiger partial charge >= 0.3 is 6.03 Å². The number of ketones is 1. The number of hydrogen-bond acceptors (Lipinski definition) is 5. The van der Waals surface area contributed by atoms with Gasteiger partial charge in [-0.15, -0.1) is 10.2 Å². The Balaban J connectivity index is 1.45. The van der Waals surface area contributed by atoms with Gasteiger partial charge in [0.05, 0.1) is 12.0 Å². The van der Waals surface area contributed by atoms with Crippen LogP contribution < -0.4 is 10.6 Å². The number of amides is 2. The van der Waals surface area contributed by atoms with Crippen LogP contribution in [-0.2, 0) is 6.42 Å². The number of aromatic nitrogens is 2. The standard InChI is InChI=1S/C25H21FN4O3/c1-15-3-5-17(6-4-15)13-23-29-30-24(33-23)21-14-20(11-12-22(21)26)28-25(32)27-19-9-7-18(8-10-19)16(2)31/h3-12,14H,13H2,1-2H3,(H2,27,28,32). The van der Waals surface area contributed by atoms with Crippen LogP contribution in [0, 0.1) is 12.7 Å². The van der Waals surface area contributed by atoms with Gasteiger partial charge in [-0.2, -0.15) is 0 Å². The van der Waals surface area contributed by atoms with Gasteiger partial charge in [0.15, 0.2) is 5.78 Å². The highest BCUT2D eigenvalue weighted by atomic mass is 19.1. The zero-order chi connectivity index (χ0) is 23.4. The van der Waals surface area contributed by atoms with Crippen molar-refractivity contribution in [1.29, 1.82) is 0 Å². The predicted molar refractivity (Wildman–Crippen MR) is 123 cm³/mol. The van der Waals surface area contributed by atoms with Gasteiger partial charge in [0.25, 0.3) is 5.89 Å². The van der Waals surface area contributed by atoms with Gasteiger partial charge in [-0.25, -0.2) is 9.18 Å². The minimum absolute atomic E-state index is 0.0264. The maximum absolute atomic E-state index is 14.4. The van der Waals surface area contributed by atoms with E-state index in [1.807, 2.05) is 31.2 Å². The van der Waals surface area contributed by atoms with Gasteiger partial charge < -0.3 is 15.1 Å². The van der Waals surface area contributed by atoms with E-state index < -0.39 is 11.8 Å². The van der Waals surface area contributed by atoms with Crippen molar-refractivity contribution in [3.63, 3.8) is 0 Å². The third-order valence-corrected chi connectivity index (χ3v) is 4.95. The van der Waals surface area contributed by atoms with Crippen molar-refractivity contribution >= 4 is 23.2 Å². The molecule has 0 fully saturated rings. The normalized spacial score (nSPS) is 10.6. The number of benzene rings is 3. The van der Waals surface area contributed by atoms with Crippen LogP contribution >= 0.6 is 0 Å². The number of halogens is 1. The molecule has 0 aliphatic carbocycles. The fourth-order valence-electron chi connectivity index (χ4n) is 3.16. The first-order valence-electron chi connectivity index (χ1n) is 10.2. The topological polar surface area (TPSA) is 97.1 Å². The second kappa shape index (κ2) is 9.44. The van der Waals surface area contributed by atoms with E-state index in [2.05, 4.69) is 20.8 Å². The summed E-state index contributed by atoms with van der Waals surface area (Å²) in [5.74, 6) is -0.226. The van der Waals surface area contributed by atoms with Crippen molar-refractivity contribution < 1.29 is 18.4 Å². The lowest BCUT2D eigenvalue weighted by atomic mass is 10.1. The zero-order valence-corrected chi connectivity index (χ0v) is 18.1. The first-order chi connectivity index (χ1) is 15.9. The Labute approximate surface area is 189 Å². The molecule has 166 valence electrons. The van der Waals surface area contributed by atoms with Crippen molar-refractivity contribution in [2.45, 2.75) is 20.3 Å². The van der Waals surface area contributed by atoms with E-state index in [-0.39, 0.29) is 17.2 Å². The Kier molecular flexibility index (Phi) is 6.26. The number of rotatable bonds is 6. The average Bonchev–Trinajstić information content (AvgIpc) is 3.25. The zero-order valence-electron chi connectivity index (χ0n) is 18.1. The highest BCUT2D eigenvalue weighted by Gasteiger charge is 2.15. The van der Waals surface area contributed by atoms with Crippen LogP contribution in [0.5, 0.6) is 0 Å². The molecule has 0 saturated carbocycles. The van der Waals surface area contributed by atoms with Crippen molar-refractivity contribution in [1.82, 2.24) is 10.2 Å². The van der Waals surface area contributed by atoms with Crippen LogP contribution in [0.3, 0.4) is 0 Å². The third kappa shape index (κ3) is 5.48. The van der Waals surface area contributed by atoms with Gasteiger partial charge in [0.2, 0.25) is 5.89 Å². The molecule has 0 radical (unpaired) electrons. The summed E-state index contributed by atoms with van der Waals surface area (Å²) < 4.78 is 20.1. The molecule has 0 aliphatic rings. The number of nitrogens with one attached hydrogen (secondary N) is 2. The van der Waals surface area contributed by atoms with Gasteiger partial charge in [0, 0.05) is 16.9 Å². The molecule has 0 unspecified atom stereocenters. The van der Waals surface area contributed by atoms with Crippen LogP contribution in [0.4, 0.5) is 20.6 Å². The molecule has 7 nitrogen and oxygen atoms in total. The Hall–Kier alpha value is -4.33. The van der Waals surface area contributed by atoms with Crippen LogP contribution in [0.25, 0.3) is 11.5 Å². The molecule has 33 heavy (non-hydrogen) atoms. The smallest absolute Gasteiger partial charge is 0.323 e. The lowest BCUT2D eigenvalue weighted by Crippen LogP contribution is -2.19. The maximum atomic E-state index is 14.4. The van der Waals surface area contributed by atoms with Crippen LogP contribution in [0.15, 0.2) is 71.1 Å². The molecule has 0 atom stereocenters. The summed E-state index contributed by atoms with van der Waals surface area (Å²) in [5.41, 5.74) is 3.64. The average molecular weight is 444 g/mol. The molecule has 0 saturated heterocycles. The van der Waals surface area contributed by atoms with E-state index >= 15 is 0 Å². The maximum Gasteiger partial charge on any atom is 0.323 e. The Morgan fingerprint density at radius 2 is 1.58 bits per heavy atom. The number of Topliss-reactive ketones (excluding diaryl/α,β-unsaturated/α-hetero) is 1. The summed E-state index contributed by atoms with van der Waals surface area (Å²) >= 11 is 0. The van der Waals surface area contributed by atoms with E-state index in [4.69, 9.17) is 4.42 Å². The molecule has 1 aromatic heterocycles. The number of hydrogen-bond donors (Lipinski definition) is 2. The molecule has 0 spiro atoms. The van der Waals surface area contributed by atoms with Crippen molar-refractivity contribution in [2.75, 3.05) is 10.6 Å². The van der Waals surface area contributed by atoms with Gasteiger partial charge in [-0.1, -0.05) is 29.8 Å². The molecular weight excluding hydrogens is 423 g/mol. The largest absolute Gasteiger partial charge is 0.420 e. The first-order valence-corrected chi connectivity index (χ1v) is 10.2. The molecule has 0 aliphatic heterocycles. The number of anilines is 2. The molecule has 3 aromatic carbocycles. The summed E-state index contributed by atoms with van der Waals surface area (Å²) in [6, 6.07) is 18.0. The summed E-state index contributed by atoms with van der Waals surface area (Å²) in [6.07, 6.45) is 0.428. The Morgan fingerprint density at radius 3 is 2.27 bits per heavy atom. The van der Waals surface area contributed by atoms with Crippen molar-refractivity contribution in [3.8, 4) is 11.5 Å². The van der Waals surface area contributed by atoms with Gasteiger partial charge in [0.1, 0.15) is 5.82 Å². The van der Waals surface area contributed by atoms with E-state index in [1.54, 1.807) is 24.3 Å². The van der Waals surface area contributed by atoms with E-state index in [9.17, 15) is 14.0 Å². The molecular formula is C25H21FN4O3. The summed E-state index contributed by atoms with van der Waals surface area (Å²) in [7, 11) is 0. The molecule has 4 aromatic rings. The molecule has 0 bridgehead atoms.